The van der Waals surface area contributed by atoms with Gasteiger partial charge < -0.3 is 14.8 Å². The van der Waals surface area contributed by atoms with Gasteiger partial charge >= 0.3 is 0 Å². The van der Waals surface area contributed by atoms with Gasteiger partial charge in [-0.2, -0.15) is 5.10 Å². The van der Waals surface area contributed by atoms with E-state index >= 15 is 0 Å². The number of hydrogen-bond donors (Lipinski definition) is 2. The summed E-state index contributed by atoms with van der Waals surface area (Å²) in [6.45, 7) is 0.437. The molecular formula is C25H24ClN3O4. The number of amides is 2. The zero-order valence-corrected chi connectivity index (χ0v) is 18.8. The molecule has 0 saturated carbocycles. The third-order valence-electron chi connectivity index (χ3n) is 4.55. The van der Waals surface area contributed by atoms with Crippen molar-refractivity contribution in [3.63, 3.8) is 0 Å². The summed E-state index contributed by atoms with van der Waals surface area (Å²) in [5, 5.41) is 7.35. The molecule has 0 unspecified atom stereocenters. The standard InChI is InChI=1S/C25H24ClN3O4/c1-32-22-12-8-21(9-13-22)28-24(30)14-15-25(31)29-27-16-18-4-10-23(11-5-18)33-17-19-2-6-20(26)7-3-19/h2-13,16H,14-15,17H2,1H3,(H,28,30)(H,29,31). The number of rotatable bonds is 10. The van der Waals surface area contributed by atoms with Crippen LogP contribution in [0.5, 0.6) is 11.5 Å². The molecule has 8 heteroatoms. The van der Waals surface area contributed by atoms with E-state index < -0.39 is 0 Å². The molecule has 2 amide bonds. The van der Waals surface area contributed by atoms with E-state index in [0.717, 1.165) is 11.1 Å². The van der Waals surface area contributed by atoms with E-state index in [2.05, 4.69) is 15.8 Å². The van der Waals surface area contributed by atoms with Crippen LogP contribution in [0.15, 0.2) is 77.9 Å². The minimum atomic E-state index is -0.348. The molecule has 2 N–H and O–H groups in total. The summed E-state index contributed by atoms with van der Waals surface area (Å²) in [4.78, 5) is 23.9. The number of hydrazone groups is 1. The number of anilines is 1. The van der Waals surface area contributed by atoms with E-state index in [0.29, 0.717) is 28.8 Å². The molecule has 0 aromatic heterocycles. The lowest BCUT2D eigenvalue weighted by molar-refractivity contribution is -0.124. The number of ether oxygens (including phenoxy) is 2. The highest BCUT2D eigenvalue weighted by Crippen LogP contribution is 2.16. The summed E-state index contributed by atoms with van der Waals surface area (Å²) in [6, 6.07) is 21.7. The maximum Gasteiger partial charge on any atom is 0.240 e. The number of benzene rings is 3. The average Bonchev–Trinajstić information content (AvgIpc) is 2.84. The smallest absolute Gasteiger partial charge is 0.240 e. The zero-order chi connectivity index (χ0) is 23.5. The van der Waals surface area contributed by atoms with Crippen LogP contribution in [0.1, 0.15) is 24.0 Å². The lowest BCUT2D eigenvalue weighted by atomic mass is 10.2. The number of hydrogen-bond acceptors (Lipinski definition) is 5. The first-order chi connectivity index (χ1) is 16.0. The largest absolute Gasteiger partial charge is 0.497 e. The van der Waals surface area contributed by atoms with Gasteiger partial charge in [0, 0.05) is 23.6 Å². The summed E-state index contributed by atoms with van der Waals surface area (Å²) in [6.07, 6.45) is 1.60. The molecule has 7 nitrogen and oxygen atoms in total. The molecule has 3 rings (SSSR count). The van der Waals surface area contributed by atoms with Crippen molar-refractivity contribution < 1.29 is 19.1 Å². The van der Waals surface area contributed by atoms with Crippen molar-refractivity contribution in [2.75, 3.05) is 12.4 Å². The zero-order valence-electron chi connectivity index (χ0n) is 18.1. The van der Waals surface area contributed by atoms with Gasteiger partial charge in [0.25, 0.3) is 0 Å². The second-order valence-corrected chi connectivity index (χ2v) is 7.49. The molecule has 0 aliphatic rings. The molecule has 3 aromatic rings. The molecule has 0 saturated heterocycles. The number of nitrogens with one attached hydrogen (secondary N) is 2. The van der Waals surface area contributed by atoms with Crippen molar-refractivity contribution in [2.45, 2.75) is 19.4 Å². The average molecular weight is 466 g/mol. The Kier molecular flexibility index (Phi) is 8.85. The molecule has 0 aliphatic carbocycles. The number of nitrogens with zero attached hydrogens (tertiary/aromatic N) is 1. The van der Waals surface area contributed by atoms with Gasteiger partial charge in [0.05, 0.1) is 13.3 Å². The molecule has 0 atom stereocenters. The van der Waals surface area contributed by atoms with Crippen LogP contribution >= 0.6 is 11.6 Å². The minimum Gasteiger partial charge on any atom is -0.497 e. The highest BCUT2D eigenvalue weighted by Gasteiger charge is 2.07. The Balaban J connectivity index is 1.36. The lowest BCUT2D eigenvalue weighted by Crippen LogP contribution is -2.20. The second kappa shape index (κ2) is 12.3. The van der Waals surface area contributed by atoms with Crippen LogP contribution in [0.4, 0.5) is 5.69 Å². The van der Waals surface area contributed by atoms with Crippen LogP contribution < -0.4 is 20.2 Å². The maximum atomic E-state index is 12.0. The molecule has 33 heavy (non-hydrogen) atoms. The SMILES string of the molecule is COc1ccc(NC(=O)CCC(=O)NN=Cc2ccc(OCc3ccc(Cl)cc3)cc2)cc1. The van der Waals surface area contributed by atoms with Crippen LogP contribution in [-0.2, 0) is 16.2 Å². The van der Waals surface area contributed by atoms with E-state index in [9.17, 15) is 9.59 Å². The van der Waals surface area contributed by atoms with Crippen LogP contribution in [0, 0.1) is 0 Å². The monoisotopic (exact) mass is 465 g/mol. The van der Waals surface area contributed by atoms with Crippen molar-refractivity contribution in [2.24, 2.45) is 5.10 Å². The van der Waals surface area contributed by atoms with Crippen LogP contribution in [0.25, 0.3) is 0 Å². The first kappa shape index (κ1) is 23.8. The Hall–Kier alpha value is -3.84. The molecule has 0 spiro atoms. The van der Waals surface area contributed by atoms with Crippen LogP contribution in [0.2, 0.25) is 5.02 Å². The van der Waals surface area contributed by atoms with Gasteiger partial charge in [0.1, 0.15) is 18.1 Å². The van der Waals surface area contributed by atoms with Crippen LogP contribution in [-0.4, -0.2) is 25.1 Å². The molecule has 0 heterocycles. The first-order valence-electron chi connectivity index (χ1n) is 10.2. The van der Waals surface area contributed by atoms with Gasteiger partial charge in [-0.1, -0.05) is 23.7 Å². The number of halogens is 1. The van der Waals surface area contributed by atoms with E-state index in [1.807, 2.05) is 48.5 Å². The predicted octanol–water partition coefficient (Wildman–Crippen LogP) is 4.80. The van der Waals surface area contributed by atoms with Crippen molar-refractivity contribution in [3.8, 4) is 11.5 Å². The predicted molar refractivity (Wildman–Crippen MR) is 129 cm³/mol. The third-order valence-corrected chi connectivity index (χ3v) is 4.81. The van der Waals surface area contributed by atoms with E-state index in [1.54, 1.807) is 31.4 Å². The quantitative estimate of drug-likeness (QED) is 0.332. The highest BCUT2D eigenvalue weighted by atomic mass is 35.5. The molecule has 0 radical (unpaired) electrons. The van der Waals surface area contributed by atoms with Crippen LogP contribution in [0.3, 0.4) is 0 Å². The lowest BCUT2D eigenvalue weighted by Gasteiger charge is -2.07. The Morgan fingerprint density at radius 1 is 0.879 bits per heavy atom. The summed E-state index contributed by atoms with van der Waals surface area (Å²) in [7, 11) is 1.57. The van der Waals surface area contributed by atoms with Gasteiger partial charge in [-0.15, -0.1) is 0 Å². The van der Waals surface area contributed by atoms with Gasteiger partial charge in [0.2, 0.25) is 11.8 Å². The first-order valence-corrected chi connectivity index (χ1v) is 10.6. The number of carbonyl (C=O) groups is 2. The van der Waals surface area contributed by atoms with Gasteiger partial charge in [0.15, 0.2) is 0 Å². The third kappa shape index (κ3) is 8.31. The molecule has 170 valence electrons. The molecule has 0 bridgehead atoms. The van der Waals surface area contributed by atoms with E-state index in [4.69, 9.17) is 21.1 Å². The Morgan fingerprint density at radius 2 is 1.52 bits per heavy atom. The summed E-state index contributed by atoms with van der Waals surface area (Å²) < 4.78 is 10.8. The Labute approximate surface area is 197 Å². The van der Waals surface area contributed by atoms with E-state index in [1.165, 1.54) is 6.21 Å². The Morgan fingerprint density at radius 3 is 2.18 bits per heavy atom. The number of carbonyl (C=O) groups excluding carboxylic acids is 2. The fourth-order valence-corrected chi connectivity index (χ4v) is 2.88. The fraction of sp³-hybridized carbons (Fsp3) is 0.160. The van der Waals surface area contributed by atoms with Gasteiger partial charge in [-0.25, -0.2) is 5.43 Å². The van der Waals surface area contributed by atoms with Gasteiger partial charge in [-0.3, -0.25) is 9.59 Å². The molecule has 3 aromatic carbocycles. The second-order valence-electron chi connectivity index (χ2n) is 7.05. The number of methoxy groups -OCH3 is 1. The minimum absolute atomic E-state index is 0.0246. The summed E-state index contributed by atoms with van der Waals surface area (Å²) in [5.74, 6) is 0.812. The normalized spacial score (nSPS) is 10.6. The van der Waals surface area contributed by atoms with Crippen molar-refractivity contribution in [1.82, 2.24) is 5.43 Å². The van der Waals surface area contributed by atoms with Crippen molar-refractivity contribution >= 4 is 35.3 Å². The summed E-state index contributed by atoms with van der Waals surface area (Å²) >= 11 is 5.88. The molecular weight excluding hydrogens is 442 g/mol. The topological polar surface area (TPSA) is 89.0 Å². The molecule has 0 fully saturated rings. The fourth-order valence-electron chi connectivity index (χ4n) is 2.76. The van der Waals surface area contributed by atoms with Gasteiger partial charge in [-0.05, 0) is 71.8 Å². The van der Waals surface area contributed by atoms with Crippen molar-refractivity contribution in [1.29, 1.82) is 0 Å². The van der Waals surface area contributed by atoms with Crippen molar-refractivity contribution in [3.05, 3.63) is 88.9 Å². The summed E-state index contributed by atoms with van der Waals surface area (Å²) in [5.41, 5.74) is 4.88. The highest BCUT2D eigenvalue weighted by molar-refractivity contribution is 6.30. The van der Waals surface area contributed by atoms with E-state index in [-0.39, 0.29) is 24.7 Å². The molecule has 0 aliphatic heterocycles. The maximum absolute atomic E-state index is 12.0. The Bertz CT molecular complexity index is 1080.